The van der Waals surface area contributed by atoms with Crippen molar-refractivity contribution in [3.8, 4) is 11.5 Å². The summed E-state index contributed by atoms with van der Waals surface area (Å²) in [5.74, 6) is -0.636. The molecule has 0 radical (unpaired) electrons. The summed E-state index contributed by atoms with van der Waals surface area (Å²) in [5.41, 5.74) is 0.714. The summed E-state index contributed by atoms with van der Waals surface area (Å²) in [6.07, 6.45) is 6.08. The molecule has 3 fully saturated rings. The molecular formula is C30H41NO8. The fourth-order valence-electron chi connectivity index (χ4n) is 8.23. The predicted molar refractivity (Wildman–Crippen MR) is 143 cm³/mol. The number of phenolic OH excluding ortho intramolecular Hbond substituents is 2. The average Bonchev–Trinajstić information content (AvgIpc) is 3.30. The number of nitrogens with one attached hydrogen (secondary N) is 1. The lowest BCUT2D eigenvalue weighted by atomic mass is 9.45. The molecule has 0 saturated heterocycles. The van der Waals surface area contributed by atoms with Crippen molar-refractivity contribution in [2.75, 3.05) is 20.2 Å². The molecule has 3 saturated carbocycles. The van der Waals surface area contributed by atoms with Gasteiger partial charge in [-0.25, -0.2) is 0 Å². The number of carbonyl (C=O) groups is 3. The van der Waals surface area contributed by atoms with Crippen LogP contribution in [0.3, 0.4) is 0 Å². The van der Waals surface area contributed by atoms with Crippen LogP contribution in [-0.4, -0.2) is 69.7 Å². The maximum absolute atomic E-state index is 12.3. The third-order valence-electron chi connectivity index (χ3n) is 10.0. The van der Waals surface area contributed by atoms with Crippen LogP contribution in [0.25, 0.3) is 0 Å². The number of hydrogen-bond acceptors (Lipinski definition) is 9. The van der Waals surface area contributed by atoms with Gasteiger partial charge in [-0.2, -0.15) is 0 Å². The second-order valence-electron chi connectivity index (χ2n) is 12.0. The van der Waals surface area contributed by atoms with E-state index in [1.54, 1.807) is 19.2 Å². The van der Waals surface area contributed by atoms with Crippen molar-refractivity contribution >= 4 is 17.9 Å². The van der Waals surface area contributed by atoms with E-state index in [4.69, 9.17) is 10.2 Å². The third kappa shape index (κ3) is 5.17. The Labute approximate surface area is 228 Å². The molecule has 9 heteroatoms. The molecule has 9 nitrogen and oxygen atoms in total. The van der Waals surface area contributed by atoms with Gasteiger partial charge < -0.3 is 35.6 Å². The number of benzene rings is 1. The van der Waals surface area contributed by atoms with E-state index in [0.717, 1.165) is 37.5 Å². The lowest BCUT2D eigenvalue weighted by Crippen LogP contribution is -2.58. The summed E-state index contributed by atoms with van der Waals surface area (Å²) in [6.45, 7) is 2.04. The Bertz CT molecular complexity index is 1130. The van der Waals surface area contributed by atoms with E-state index < -0.39 is 30.1 Å². The Balaban J connectivity index is 0.000000229. The highest BCUT2D eigenvalue weighted by Gasteiger charge is 2.64. The largest absolute Gasteiger partial charge is 0.504 e. The van der Waals surface area contributed by atoms with Crippen LogP contribution in [0.4, 0.5) is 0 Å². The summed E-state index contributed by atoms with van der Waals surface area (Å²) in [5, 5.41) is 50.9. The Hall–Kier alpha value is -2.59. The zero-order valence-electron chi connectivity index (χ0n) is 22.7. The Morgan fingerprint density at radius 3 is 2.56 bits per heavy atom. The van der Waals surface area contributed by atoms with Crippen LogP contribution in [-0.2, 0) is 14.4 Å². The molecule has 1 aromatic carbocycles. The van der Waals surface area contributed by atoms with Crippen LogP contribution in [0.5, 0.6) is 11.5 Å². The Morgan fingerprint density at radius 1 is 1.18 bits per heavy atom. The Morgan fingerprint density at radius 2 is 1.92 bits per heavy atom. The van der Waals surface area contributed by atoms with Crippen molar-refractivity contribution in [2.45, 2.75) is 64.1 Å². The van der Waals surface area contributed by atoms with E-state index in [1.807, 2.05) is 0 Å². The molecule has 214 valence electrons. The monoisotopic (exact) mass is 543 g/mol. The topological polar surface area (TPSA) is 164 Å². The van der Waals surface area contributed by atoms with Gasteiger partial charge in [-0.3, -0.25) is 9.59 Å². The van der Waals surface area contributed by atoms with E-state index in [9.17, 15) is 29.7 Å². The molecule has 5 rings (SSSR count). The second-order valence-corrected chi connectivity index (χ2v) is 12.0. The normalized spacial score (nSPS) is 35.9. The molecule has 0 heterocycles. The molecule has 4 aliphatic carbocycles. The first-order valence-electron chi connectivity index (χ1n) is 13.9. The highest BCUT2D eigenvalue weighted by molar-refractivity contribution is 5.91. The molecule has 0 aromatic heterocycles. The van der Waals surface area contributed by atoms with Crippen LogP contribution < -0.4 is 5.32 Å². The predicted octanol–water partition coefficient (Wildman–Crippen LogP) is 2.20. The quantitative estimate of drug-likeness (QED) is 0.233. The first-order chi connectivity index (χ1) is 18.5. The molecule has 39 heavy (non-hydrogen) atoms. The van der Waals surface area contributed by atoms with Gasteiger partial charge in [0.2, 0.25) is 0 Å². The van der Waals surface area contributed by atoms with E-state index in [0.29, 0.717) is 31.4 Å². The van der Waals surface area contributed by atoms with Crippen molar-refractivity contribution < 1.29 is 39.9 Å². The zero-order valence-corrected chi connectivity index (χ0v) is 22.7. The highest BCUT2D eigenvalue weighted by atomic mass is 16.3. The number of rotatable bonds is 6. The maximum atomic E-state index is 12.3. The average molecular weight is 544 g/mol. The van der Waals surface area contributed by atoms with E-state index >= 15 is 0 Å². The van der Waals surface area contributed by atoms with Crippen LogP contribution in [0.2, 0.25) is 0 Å². The van der Waals surface area contributed by atoms with Gasteiger partial charge in [0.15, 0.2) is 23.1 Å². The van der Waals surface area contributed by atoms with Crippen molar-refractivity contribution in [2.24, 2.45) is 34.5 Å². The second kappa shape index (κ2) is 11.5. The number of ketones is 2. The molecule has 1 aromatic rings. The van der Waals surface area contributed by atoms with Crippen LogP contribution in [0.1, 0.15) is 63.5 Å². The number of hydrogen-bond donors (Lipinski definition) is 6. The molecule has 8 atom stereocenters. The smallest absolute Gasteiger partial charge is 0.162 e. The lowest BCUT2D eigenvalue weighted by molar-refractivity contribution is -0.157. The van der Waals surface area contributed by atoms with Gasteiger partial charge in [0, 0.05) is 24.3 Å². The van der Waals surface area contributed by atoms with E-state index in [1.165, 1.54) is 12.1 Å². The van der Waals surface area contributed by atoms with Crippen LogP contribution in [0.15, 0.2) is 29.8 Å². The standard InChI is InChI=1S/C21H28O5.C9H13NO3/c1-20-7-6-13(24)8-12(20)2-3-14-15-4-5-16(18(26)10-22)21(15,11-23)9-17(25)19(14)20;1-10-5-9(13)6-2-3-7(11)8(12)4-6/h8,11,14-17,19,22,25H,2-7,9-10H2,1H3;2-4,9-13H,5H2,1H3/t14-,15-,16+,17-,19+,20-,21+;9-/m00/s1. The van der Waals surface area contributed by atoms with Crippen molar-refractivity contribution in [1.82, 2.24) is 5.32 Å². The van der Waals surface area contributed by atoms with Crippen LogP contribution >= 0.6 is 0 Å². The zero-order chi connectivity index (χ0) is 28.5. The number of carbonyl (C=O) groups excluding carboxylic acids is 3. The van der Waals surface area contributed by atoms with Gasteiger partial charge in [-0.15, -0.1) is 0 Å². The van der Waals surface area contributed by atoms with Gasteiger partial charge in [0.25, 0.3) is 0 Å². The minimum absolute atomic E-state index is 0.0386. The van der Waals surface area contributed by atoms with Gasteiger partial charge in [0.1, 0.15) is 12.9 Å². The minimum Gasteiger partial charge on any atom is -0.504 e. The SMILES string of the molecule is CNC[C@H](O)c1ccc(O)c(O)c1.C[C@]12CCC(=O)C=C1CC[C@@H]1[C@@H]2[C@@H](O)C[C@]2(C=O)[C@@H](C(=O)CO)CC[C@@H]12. The van der Waals surface area contributed by atoms with E-state index in [2.05, 4.69) is 12.2 Å². The summed E-state index contributed by atoms with van der Waals surface area (Å²) in [7, 11) is 1.73. The number of phenols is 2. The molecule has 0 amide bonds. The molecule has 0 aliphatic heterocycles. The Kier molecular flexibility index (Phi) is 8.66. The lowest BCUT2D eigenvalue weighted by Gasteiger charge is -2.59. The van der Waals surface area contributed by atoms with Crippen molar-refractivity contribution in [1.29, 1.82) is 0 Å². The van der Waals surface area contributed by atoms with Crippen molar-refractivity contribution in [3.05, 3.63) is 35.4 Å². The number of aliphatic hydroxyl groups is 3. The fraction of sp³-hybridized carbons (Fsp3) is 0.633. The highest BCUT2D eigenvalue weighted by Crippen LogP contribution is 2.66. The van der Waals surface area contributed by atoms with Crippen molar-refractivity contribution in [3.63, 3.8) is 0 Å². The number of fused-ring (bicyclic) bond motifs is 5. The number of aldehydes is 1. The summed E-state index contributed by atoms with van der Waals surface area (Å²) in [6, 6.07) is 4.26. The summed E-state index contributed by atoms with van der Waals surface area (Å²) < 4.78 is 0. The fourth-order valence-corrected chi connectivity index (χ4v) is 8.23. The molecule has 0 bridgehead atoms. The van der Waals surface area contributed by atoms with Crippen LogP contribution in [0, 0.1) is 34.5 Å². The molecule has 6 N–H and O–H groups in total. The first-order valence-corrected chi connectivity index (χ1v) is 13.9. The number of Topliss-reactive ketones (excluding diaryl/α,β-unsaturated/α-hetero) is 1. The number of aliphatic hydroxyl groups excluding tert-OH is 3. The maximum Gasteiger partial charge on any atom is 0.162 e. The number of allylic oxidation sites excluding steroid dienone is 1. The van der Waals surface area contributed by atoms with Gasteiger partial charge >= 0.3 is 0 Å². The first kappa shape index (κ1) is 29.4. The van der Waals surface area contributed by atoms with Gasteiger partial charge in [-0.05, 0) is 92.5 Å². The summed E-state index contributed by atoms with van der Waals surface area (Å²) >= 11 is 0. The molecule has 0 spiro atoms. The third-order valence-corrected chi connectivity index (χ3v) is 10.0. The van der Waals surface area contributed by atoms with Gasteiger partial charge in [0.05, 0.1) is 12.2 Å². The minimum atomic E-state index is -0.831. The number of aromatic hydroxyl groups is 2. The molecular weight excluding hydrogens is 502 g/mol. The molecule has 4 aliphatic rings. The van der Waals surface area contributed by atoms with Gasteiger partial charge in [-0.1, -0.05) is 18.6 Å². The molecule has 0 unspecified atom stereocenters. The summed E-state index contributed by atoms with van der Waals surface area (Å²) in [4.78, 5) is 36.4. The van der Waals surface area contributed by atoms with E-state index in [-0.39, 0.29) is 46.2 Å². The number of likely N-dealkylation sites (N-methyl/N-ethyl adjacent to an activating group) is 1.